The highest BCUT2D eigenvalue weighted by atomic mass is 16.4. The number of likely N-dealkylation sites (tertiary alicyclic amines) is 1. The molecule has 0 bridgehead atoms. The zero-order valence-electron chi connectivity index (χ0n) is 12.5. The number of aliphatic carboxylic acids is 1. The average molecular weight is 267 g/mol. The second-order valence-corrected chi connectivity index (χ2v) is 6.56. The van der Waals surface area contributed by atoms with Gasteiger partial charge in [-0.3, -0.25) is 9.69 Å². The minimum atomic E-state index is -0.572. The number of piperidine rings is 1. The molecule has 0 spiro atoms. The normalized spacial score (nSPS) is 37.2. The molecule has 4 atom stereocenters. The molecule has 1 aliphatic heterocycles. The van der Waals surface area contributed by atoms with Gasteiger partial charge in [0.15, 0.2) is 0 Å². The Kier molecular flexibility index (Phi) is 5.26. The van der Waals surface area contributed by atoms with Gasteiger partial charge in [0.1, 0.15) is 0 Å². The minimum Gasteiger partial charge on any atom is -0.481 e. The third kappa shape index (κ3) is 3.50. The van der Waals surface area contributed by atoms with Gasteiger partial charge in [0.25, 0.3) is 0 Å². The van der Waals surface area contributed by atoms with Crippen LogP contribution in [-0.2, 0) is 4.79 Å². The van der Waals surface area contributed by atoms with Crippen molar-refractivity contribution in [3.05, 3.63) is 0 Å². The van der Waals surface area contributed by atoms with Crippen LogP contribution < -0.4 is 0 Å². The lowest BCUT2D eigenvalue weighted by Crippen LogP contribution is -2.52. The van der Waals surface area contributed by atoms with E-state index >= 15 is 0 Å². The number of carboxylic acid groups (broad SMARTS) is 1. The van der Waals surface area contributed by atoms with Gasteiger partial charge in [-0.1, -0.05) is 26.2 Å². The Morgan fingerprint density at radius 1 is 1.26 bits per heavy atom. The predicted molar refractivity (Wildman–Crippen MR) is 77.2 cm³/mol. The molecule has 3 heteroatoms. The number of hydrogen-bond acceptors (Lipinski definition) is 2. The number of carboxylic acids is 1. The topological polar surface area (TPSA) is 40.5 Å². The maximum Gasteiger partial charge on any atom is 0.308 e. The van der Waals surface area contributed by atoms with Crippen LogP contribution in [0.2, 0.25) is 0 Å². The average Bonchev–Trinajstić information content (AvgIpc) is 2.39. The first-order valence-electron chi connectivity index (χ1n) is 8.12. The van der Waals surface area contributed by atoms with Crippen molar-refractivity contribution < 1.29 is 9.90 Å². The Bertz CT molecular complexity index is 305. The molecule has 2 rings (SSSR count). The highest BCUT2D eigenvalue weighted by molar-refractivity contribution is 5.71. The van der Waals surface area contributed by atoms with Crippen LogP contribution in [0.5, 0.6) is 0 Å². The third-order valence-electron chi connectivity index (χ3n) is 5.22. The summed E-state index contributed by atoms with van der Waals surface area (Å²) in [4.78, 5) is 14.1. The summed E-state index contributed by atoms with van der Waals surface area (Å²) in [5.41, 5.74) is 0. The Labute approximate surface area is 117 Å². The van der Waals surface area contributed by atoms with E-state index in [4.69, 9.17) is 0 Å². The monoisotopic (exact) mass is 267 g/mol. The maximum atomic E-state index is 11.6. The minimum absolute atomic E-state index is 0.131. The smallest absolute Gasteiger partial charge is 0.308 e. The molecular weight excluding hydrogens is 238 g/mol. The summed E-state index contributed by atoms with van der Waals surface area (Å²) < 4.78 is 0. The molecule has 1 N–H and O–H groups in total. The lowest BCUT2D eigenvalue weighted by atomic mass is 9.75. The summed E-state index contributed by atoms with van der Waals surface area (Å²) in [5, 5.41) is 9.52. The fourth-order valence-electron chi connectivity index (χ4n) is 4.17. The largest absolute Gasteiger partial charge is 0.481 e. The zero-order chi connectivity index (χ0) is 13.8. The van der Waals surface area contributed by atoms with E-state index in [1.807, 2.05) is 0 Å². The Morgan fingerprint density at radius 3 is 2.68 bits per heavy atom. The molecule has 0 amide bonds. The Morgan fingerprint density at radius 2 is 2.05 bits per heavy atom. The van der Waals surface area contributed by atoms with Crippen molar-refractivity contribution in [3.8, 4) is 0 Å². The van der Waals surface area contributed by atoms with E-state index < -0.39 is 5.97 Å². The first-order valence-corrected chi connectivity index (χ1v) is 8.12. The molecule has 1 aliphatic carbocycles. The van der Waals surface area contributed by atoms with Gasteiger partial charge in [0, 0.05) is 12.1 Å². The van der Waals surface area contributed by atoms with Crippen LogP contribution in [0.4, 0.5) is 0 Å². The molecule has 1 heterocycles. The van der Waals surface area contributed by atoms with Gasteiger partial charge >= 0.3 is 5.97 Å². The van der Waals surface area contributed by atoms with Gasteiger partial charge in [-0.2, -0.15) is 0 Å². The Hall–Kier alpha value is -0.570. The molecule has 1 saturated carbocycles. The lowest BCUT2D eigenvalue weighted by molar-refractivity contribution is -0.147. The van der Waals surface area contributed by atoms with Gasteiger partial charge in [0.05, 0.1) is 5.92 Å². The van der Waals surface area contributed by atoms with E-state index in [-0.39, 0.29) is 12.0 Å². The van der Waals surface area contributed by atoms with Crippen LogP contribution in [0.3, 0.4) is 0 Å². The Balaban J connectivity index is 2.07. The summed E-state index contributed by atoms with van der Waals surface area (Å²) in [6, 6.07) is 0.860. The van der Waals surface area contributed by atoms with E-state index in [9.17, 15) is 9.90 Å². The van der Waals surface area contributed by atoms with E-state index in [1.165, 1.54) is 32.1 Å². The molecular formula is C16H29NO2. The molecule has 2 fully saturated rings. The predicted octanol–water partition coefficient (Wildman–Crippen LogP) is 3.53. The molecule has 19 heavy (non-hydrogen) atoms. The summed E-state index contributed by atoms with van der Waals surface area (Å²) >= 11 is 0. The second-order valence-electron chi connectivity index (χ2n) is 6.56. The van der Waals surface area contributed by atoms with Crippen LogP contribution >= 0.6 is 0 Å². The highest BCUT2D eigenvalue weighted by Gasteiger charge is 2.40. The van der Waals surface area contributed by atoms with Crippen molar-refractivity contribution in [2.24, 2.45) is 11.8 Å². The van der Waals surface area contributed by atoms with E-state index in [0.29, 0.717) is 6.04 Å². The van der Waals surface area contributed by atoms with Crippen molar-refractivity contribution >= 4 is 5.97 Å². The molecule has 0 aromatic carbocycles. The molecule has 1 saturated heterocycles. The molecule has 0 radical (unpaired) electrons. The van der Waals surface area contributed by atoms with Crippen molar-refractivity contribution in [1.82, 2.24) is 4.90 Å². The molecule has 0 aromatic heterocycles. The van der Waals surface area contributed by atoms with Crippen molar-refractivity contribution in [3.63, 3.8) is 0 Å². The number of nitrogens with zero attached hydrogens (tertiary/aromatic N) is 1. The molecule has 3 nitrogen and oxygen atoms in total. The van der Waals surface area contributed by atoms with E-state index in [1.54, 1.807) is 0 Å². The van der Waals surface area contributed by atoms with Gasteiger partial charge in [0.2, 0.25) is 0 Å². The molecule has 4 unspecified atom stereocenters. The van der Waals surface area contributed by atoms with Crippen molar-refractivity contribution in [2.45, 2.75) is 77.3 Å². The molecule has 2 aliphatic rings. The van der Waals surface area contributed by atoms with Gasteiger partial charge in [-0.05, 0) is 51.5 Å². The number of hydrogen-bond donors (Lipinski definition) is 1. The third-order valence-corrected chi connectivity index (χ3v) is 5.22. The van der Waals surface area contributed by atoms with E-state index in [0.717, 1.165) is 31.7 Å². The van der Waals surface area contributed by atoms with Crippen LogP contribution in [0.25, 0.3) is 0 Å². The first-order chi connectivity index (χ1) is 9.13. The van der Waals surface area contributed by atoms with Crippen molar-refractivity contribution in [1.29, 1.82) is 0 Å². The van der Waals surface area contributed by atoms with Gasteiger partial charge in [-0.15, -0.1) is 0 Å². The fraction of sp³-hybridized carbons (Fsp3) is 0.938. The van der Waals surface area contributed by atoms with Crippen molar-refractivity contribution in [2.75, 3.05) is 6.54 Å². The summed E-state index contributed by atoms with van der Waals surface area (Å²) in [6.45, 7) is 5.62. The quantitative estimate of drug-likeness (QED) is 0.847. The summed E-state index contributed by atoms with van der Waals surface area (Å²) in [7, 11) is 0. The number of carbonyl (C=O) groups is 1. The van der Waals surface area contributed by atoms with Crippen LogP contribution in [0, 0.1) is 11.8 Å². The fourth-order valence-corrected chi connectivity index (χ4v) is 4.17. The standard InChI is InChI=1S/C16H29NO2/c1-3-6-13-8-9-14(16(18)19)15(11-13)17-10-5-4-7-12(17)2/h12-15H,3-11H2,1-2H3,(H,18,19). The van der Waals surface area contributed by atoms with Crippen LogP contribution in [0.15, 0.2) is 0 Å². The number of rotatable bonds is 4. The van der Waals surface area contributed by atoms with Crippen LogP contribution in [-0.4, -0.2) is 34.6 Å². The second kappa shape index (κ2) is 6.74. The van der Waals surface area contributed by atoms with Gasteiger partial charge < -0.3 is 5.11 Å². The van der Waals surface area contributed by atoms with E-state index in [2.05, 4.69) is 18.7 Å². The zero-order valence-corrected chi connectivity index (χ0v) is 12.5. The SMILES string of the molecule is CCCC1CCC(C(=O)O)C(N2CCCCC2C)C1. The summed E-state index contributed by atoms with van der Waals surface area (Å²) in [6.07, 6.45) is 9.38. The first kappa shape index (κ1) is 14.8. The summed E-state index contributed by atoms with van der Waals surface area (Å²) in [5.74, 6) is 0.0473. The molecule has 0 aromatic rings. The highest BCUT2D eigenvalue weighted by Crippen LogP contribution is 2.37. The maximum absolute atomic E-state index is 11.6. The van der Waals surface area contributed by atoms with Crippen LogP contribution in [0.1, 0.15) is 65.2 Å². The molecule has 110 valence electrons. The van der Waals surface area contributed by atoms with Gasteiger partial charge in [-0.25, -0.2) is 0 Å². The lowest BCUT2D eigenvalue weighted by Gasteiger charge is -2.46.